The summed E-state index contributed by atoms with van der Waals surface area (Å²) in [5.41, 5.74) is 0.912. The van der Waals surface area contributed by atoms with E-state index in [0.717, 1.165) is 0 Å². The first-order valence-electron chi connectivity index (χ1n) is 7.39. The number of alkyl halides is 3. The summed E-state index contributed by atoms with van der Waals surface area (Å²) in [5.74, 6) is -2.20. The molecule has 6 nitrogen and oxygen atoms in total. The van der Waals surface area contributed by atoms with Crippen LogP contribution in [0.4, 0.5) is 13.2 Å². The molecule has 0 bridgehead atoms. The lowest BCUT2D eigenvalue weighted by atomic mass is 9.93. The largest absolute Gasteiger partial charge is 0.508 e. The normalized spacial score (nSPS) is 12.5. The molecular formula is C16H20F3NO5. The third-order valence-corrected chi connectivity index (χ3v) is 3.47. The predicted molar refractivity (Wildman–Crippen MR) is 81.7 cm³/mol. The topological polar surface area (TPSA) is 84.9 Å². The van der Waals surface area contributed by atoms with Crippen LogP contribution in [0, 0.1) is 5.92 Å². The summed E-state index contributed by atoms with van der Waals surface area (Å²) in [6, 6.07) is 4.16. The lowest BCUT2D eigenvalue weighted by molar-refractivity contribution is -0.152. The molecule has 1 aromatic rings. The van der Waals surface area contributed by atoms with Crippen LogP contribution >= 0.6 is 0 Å². The van der Waals surface area contributed by atoms with Crippen molar-refractivity contribution in [2.24, 2.45) is 5.92 Å². The summed E-state index contributed by atoms with van der Waals surface area (Å²) in [7, 11) is 2.36. The number of methoxy groups -OCH3 is 2. The third kappa shape index (κ3) is 7.42. The molecule has 0 spiro atoms. The standard InChI is InChI=1S/C16H20F3NO5/c1-24-14(22)7-11(15(23)25-2)5-10-3-4-13(21)6-12(10)8-20-9-16(17,18)19/h3-4,6,11,20-21H,5,7-9H2,1-2H3/t11-/m0/s1. The first kappa shape index (κ1) is 20.8. The zero-order valence-corrected chi connectivity index (χ0v) is 13.9. The number of halogens is 3. The SMILES string of the molecule is COC(=O)C[C@H](Cc1ccc(O)cc1CNCC(F)(F)F)C(=O)OC. The van der Waals surface area contributed by atoms with Crippen molar-refractivity contribution >= 4 is 11.9 Å². The monoisotopic (exact) mass is 363 g/mol. The first-order chi connectivity index (χ1) is 11.7. The van der Waals surface area contributed by atoms with Crippen molar-refractivity contribution in [1.29, 1.82) is 0 Å². The average Bonchev–Trinajstić information content (AvgIpc) is 2.54. The van der Waals surface area contributed by atoms with Crippen LogP contribution in [-0.2, 0) is 32.0 Å². The number of phenolic OH excluding ortho intramolecular Hbond substituents is 1. The lowest BCUT2D eigenvalue weighted by Crippen LogP contribution is -2.29. The molecule has 1 rings (SSSR count). The first-order valence-corrected chi connectivity index (χ1v) is 7.39. The number of phenols is 1. The average molecular weight is 363 g/mol. The van der Waals surface area contributed by atoms with Crippen LogP contribution in [-0.4, -0.2) is 44.0 Å². The van der Waals surface area contributed by atoms with Crippen molar-refractivity contribution in [3.05, 3.63) is 29.3 Å². The number of hydrogen-bond acceptors (Lipinski definition) is 6. The summed E-state index contributed by atoms with van der Waals surface area (Å²) in [6.45, 7) is -1.35. The molecule has 0 aliphatic rings. The van der Waals surface area contributed by atoms with Gasteiger partial charge >= 0.3 is 18.1 Å². The van der Waals surface area contributed by atoms with Crippen molar-refractivity contribution in [3.8, 4) is 5.75 Å². The summed E-state index contributed by atoms with van der Waals surface area (Å²) < 4.78 is 46.0. The van der Waals surface area contributed by atoms with Crippen molar-refractivity contribution < 1.29 is 37.3 Å². The molecule has 140 valence electrons. The fourth-order valence-corrected chi connectivity index (χ4v) is 2.27. The third-order valence-electron chi connectivity index (χ3n) is 3.47. The van der Waals surface area contributed by atoms with E-state index in [1.54, 1.807) is 0 Å². The Hall–Kier alpha value is -2.29. The van der Waals surface area contributed by atoms with Crippen LogP contribution in [0.1, 0.15) is 17.5 Å². The van der Waals surface area contributed by atoms with Crippen LogP contribution in [0.5, 0.6) is 5.75 Å². The summed E-state index contributed by atoms with van der Waals surface area (Å²) in [5, 5.41) is 11.8. The Balaban J connectivity index is 2.93. The highest BCUT2D eigenvalue weighted by Crippen LogP contribution is 2.22. The van der Waals surface area contributed by atoms with E-state index >= 15 is 0 Å². The fourth-order valence-electron chi connectivity index (χ4n) is 2.27. The molecule has 0 saturated heterocycles. The molecule has 0 aromatic heterocycles. The minimum absolute atomic E-state index is 0.0606. The number of benzene rings is 1. The van der Waals surface area contributed by atoms with Crippen LogP contribution in [0.3, 0.4) is 0 Å². The summed E-state index contributed by atoms with van der Waals surface area (Å²) in [4.78, 5) is 23.3. The second kappa shape index (κ2) is 9.26. The number of hydrogen-bond donors (Lipinski definition) is 2. The smallest absolute Gasteiger partial charge is 0.401 e. The number of esters is 2. The molecule has 25 heavy (non-hydrogen) atoms. The van der Waals surface area contributed by atoms with Gasteiger partial charge in [-0.25, -0.2) is 0 Å². The zero-order valence-electron chi connectivity index (χ0n) is 13.9. The number of nitrogens with one attached hydrogen (secondary N) is 1. The van der Waals surface area contributed by atoms with Crippen LogP contribution < -0.4 is 5.32 Å². The van der Waals surface area contributed by atoms with E-state index in [4.69, 9.17) is 0 Å². The van der Waals surface area contributed by atoms with Gasteiger partial charge in [0.2, 0.25) is 0 Å². The molecule has 1 atom stereocenters. The number of carbonyl (C=O) groups is 2. The van der Waals surface area contributed by atoms with Crippen molar-refractivity contribution in [3.63, 3.8) is 0 Å². The van der Waals surface area contributed by atoms with E-state index in [2.05, 4.69) is 14.8 Å². The molecule has 0 saturated carbocycles. The number of rotatable bonds is 8. The molecule has 1 aromatic carbocycles. The Kier molecular flexibility index (Phi) is 7.69. The van der Waals surface area contributed by atoms with Crippen molar-refractivity contribution in [1.82, 2.24) is 5.32 Å². The molecule has 0 unspecified atom stereocenters. The highest BCUT2D eigenvalue weighted by atomic mass is 19.4. The van der Waals surface area contributed by atoms with E-state index in [9.17, 15) is 27.9 Å². The van der Waals surface area contributed by atoms with Gasteiger partial charge < -0.3 is 19.9 Å². The Labute approximate surface area is 142 Å². The summed E-state index contributed by atoms with van der Waals surface area (Å²) >= 11 is 0. The van der Waals surface area contributed by atoms with Gasteiger partial charge in [-0.2, -0.15) is 13.2 Å². The number of carbonyl (C=O) groups excluding carboxylic acids is 2. The number of ether oxygens (including phenoxy) is 2. The van der Waals surface area contributed by atoms with Crippen molar-refractivity contribution in [2.75, 3.05) is 20.8 Å². The lowest BCUT2D eigenvalue weighted by Gasteiger charge is -2.17. The van der Waals surface area contributed by atoms with Gasteiger partial charge in [0.1, 0.15) is 5.75 Å². The predicted octanol–water partition coefficient (Wildman–Crippen LogP) is 1.94. The molecular weight excluding hydrogens is 343 g/mol. The Bertz CT molecular complexity index is 604. The van der Waals surface area contributed by atoms with E-state index in [1.165, 1.54) is 32.4 Å². The van der Waals surface area contributed by atoms with Crippen LogP contribution in [0.25, 0.3) is 0 Å². The molecule has 0 aliphatic carbocycles. The summed E-state index contributed by atoms with van der Waals surface area (Å²) in [6.07, 6.45) is -4.53. The Morgan fingerprint density at radius 3 is 2.44 bits per heavy atom. The van der Waals surface area contributed by atoms with Gasteiger partial charge in [-0.15, -0.1) is 0 Å². The van der Waals surface area contributed by atoms with E-state index in [-0.39, 0.29) is 25.1 Å². The maximum absolute atomic E-state index is 12.3. The van der Waals surface area contributed by atoms with Gasteiger partial charge in [-0.3, -0.25) is 9.59 Å². The van der Waals surface area contributed by atoms with Gasteiger partial charge in [-0.1, -0.05) is 6.07 Å². The van der Waals surface area contributed by atoms with Crippen molar-refractivity contribution in [2.45, 2.75) is 25.6 Å². The Morgan fingerprint density at radius 1 is 1.20 bits per heavy atom. The maximum atomic E-state index is 12.3. The number of aromatic hydroxyl groups is 1. The van der Waals surface area contributed by atoms with Gasteiger partial charge in [0, 0.05) is 6.54 Å². The van der Waals surface area contributed by atoms with Gasteiger partial charge in [0.15, 0.2) is 0 Å². The van der Waals surface area contributed by atoms with Crippen LogP contribution in [0.2, 0.25) is 0 Å². The van der Waals surface area contributed by atoms with Crippen LogP contribution in [0.15, 0.2) is 18.2 Å². The van der Waals surface area contributed by atoms with E-state index < -0.39 is 30.6 Å². The van der Waals surface area contributed by atoms with Gasteiger partial charge in [0.05, 0.1) is 33.1 Å². The molecule has 2 N–H and O–H groups in total. The second-order valence-electron chi connectivity index (χ2n) is 5.38. The molecule has 9 heteroatoms. The highest BCUT2D eigenvalue weighted by Gasteiger charge is 2.27. The highest BCUT2D eigenvalue weighted by molar-refractivity contribution is 5.80. The van der Waals surface area contributed by atoms with E-state index in [1.807, 2.05) is 0 Å². The minimum Gasteiger partial charge on any atom is -0.508 e. The van der Waals surface area contributed by atoms with Gasteiger partial charge in [-0.05, 0) is 29.7 Å². The zero-order chi connectivity index (χ0) is 19.0. The fraction of sp³-hybridized carbons (Fsp3) is 0.500. The minimum atomic E-state index is -4.36. The van der Waals surface area contributed by atoms with Gasteiger partial charge in [0.25, 0.3) is 0 Å². The molecule has 0 amide bonds. The van der Waals surface area contributed by atoms with E-state index in [0.29, 0.717) is 11.1 Å². The maximum Gasteiger partial charge on any atom is 0.401 e. The Morgan fingerprint density at radius 2 is 1.88 bits per heavy atom. The molecule has 0 radical (unpaired) electrons. The molecule has 0 fully saturated rings. The molecule has 0 heterocycles. The molecule has 0 aliphatic heterocycles. The second-order valence-corrected chi connectivity index (χ2v) is 5.38. The quantitative estimate of drug-likeness (QED) is 0.687.